The Balaban J connectivity index is 0. The van der Waals surface area contributed by atoms with Crippen LogP contribution in [0.3, 0.4) is 0 Å². The maximum absolute atomic E-state index is 11.0. The number of carbonyl (C=O) groups is 2. The first-order valence-electron chi connectivity index (χ1n) is 8.73. The van der Waals surface area contributed by atoms with Crippen LogP contribution in [0.1, 0.15) is 40.5 Å². The van der Waals surface area contributed by atoms with Crippen LogP contribution in [0, 0.1) is 11.8 Å². The molecule has 0 aliphatic rings. The third-order valence-corrected chi connectivity index (χ3v) is 3.73. The van der Waals surface area contributed by atoms with Gasteiger partial charge in [0.1, 0.15) is 0 Å². The summed E-state index contributed by atoms with van der Waals surface area (Å²) in [6.45, 7) is 8.61. The smallest absolute Gasteiger partial charge is 0.308 e. The number of nitrogens with zero attached hydrogens (tertiary/aromatic N) is 1. The van der Waals surface area contributed by atoms with Crippen molar-refractivity contribution < 1.29 is 36.5 Å². The summed E-state index contributed by atoms with van der Waals surface area (Å²) in [5.41, 5.74) is 0. The van der Waals surface area contributed by atoms with Gasteiger partial charge in [-0.05, 0) is 6.42 Å². The Morgan fingerprint density at radius 2 is 1.27 bits per heavy atom. The summed E-state index contributed by atoms with van der Waals surface area (Å²) in [7, 11) is 2.20. The Morgan fingerprint density at radius 3 is 1.58 bits per heavy atom. The molecule has 0 rings (SSSR count). The van der Waals surface area contributed by atoms with E-state index >= 15 is 0 Å². The summed E-state index contributed by atoms with van der Waals surface area (Å²) in [5.74, 6) is -1.21. The third-order valence-electron chi connectivity index (χ3n) is 2.94. The molecule has 0 radical (unpaired) electrons. The van der Waals surface area contributed by atoms with Gasteiger partial charge in [0.25, 0.3) is 0 Å². The standard InChI is InChI=1S/C10H22NO2.C7H14O5S/c1-9(2)10(12)13-8-6-7-11(3,4)5;1-6(2)7(8)12-4-3-5-13(9,10)11/h9H,6-8H2,1-5H3;6H,3-5H2,1-2H3,(H,9,10,11)/q+1;/p-1. The molecule has 0 aromatic rings. The highest BCUT2D eigenvalue weighted by molar-refractivity contribution is 7.85. The molecular formula is C17H35NO7S. The summed E-state index contributed by atoms with van der Waals surface area (Å²) in [4.78, 5) is 21.9. The number of quaternary nitrogens is 1. The van der Waals surface area contributed by atoms with Gasteiger partial charge < -0.3 is 18.5 Å². The number of carbonyl (C=O) groups excluding carboxylic acids is 2. The van der Waals surface area contributed by atoms with Gasteiger partial charge in [-0.25, -0.2) is 8.42 Å². The Kier molecular flexibility index (Phi) is 13.6. The molecule has 8 nitrogen and oxygen atoms in total. The molecule has 26 heavy (non-hydrogen) atoms. The van der Waals surface area contributed by atoms with Gasteiger partial charge in [0.2, 0.25) is 0 Å². The molecule has 0 unspecified atom stereocenters. The Morgan fingerprint density at radius 1 is 0.885 bits per heavy atom. The van der Waals surface area contributed by atoms with Crippen molar-refractivity contribution in [1.82, 2.24) is 0 Å². The molecule has 0 aliphatic heterocycles. The van der Waals surface area contributed by atoms with Crippen molar-refractivity contribution in [2.24, 2.45) is 11.8 Å². The number of hydrogen-bond acceptors (Lipinski definition) is 7. The normalized spacial score (nSPS) is 11.8. The topological polar surface area (TPSA) is 110 Å². The first-order valence-corrected chi connectivity index (χ1v) is 10.3. The van der Waals surface area contributed by atoms with Crippen LogP contribution in [-0.2, 0) is 29.2 Å². The minimum Gasteiger partial charge on any atom is -0.748 e. The predicted octanol–water partition coefficient (Wildman–Crippen LogP) is 1.40. The Hall–Kier alpha value is -1.19. The second kappa shape index (κ2) is 13.1. The lowest BCUT2D eigenvalue weighted by atomic mass is 10.2. The lowest BCUT2D eigenvalue weighted by Crippen LogP contribution is -2.36. The molecule has 0 atom stereocenters. The SMILES string of the molecule is CC(C)C(=O)OCCCS(=O)(=O)[O-].CC(C)C(=O)OCCC[N+](C)(C)C. The van der Waals surface area contributed by atoms with Crippen molar-refractivity contribution in [2.45, 2.75) is 40.5 Å². The van der Waals surface area contributed by atoms with E-state index in [0.29, 0.717) is 6.61 Å². The van der Waals surface area contributed by atoms with Crippen LogP contribution in [0.15, 0.2) is 0 Å². The molecule has 0 N–H and O–H groups in total. The van der Waals surface area contributed by atoms with Crippen LogP contribution >= 0.6 is 0 Å². The fourth-order valence-electron chi connectivity index (χ4n) is 1.45. The summed E-state index contributed by atoms with van der Waals surface area (Å²) in [5, 5.41) is 0. The van der Waals surface area contributed by atoms with Crippen LogP contribution in [0.25, 0.3) is 0 Å². The average molecular weight is 398 g/mol. The van der Waals surface area contributed by atoms with E-state index in [4.69, 9.17) is 4.74 Å². The molecule has 0 bridgehead atoms. The molecule has 156 valence electrons. The van der Waals surface area contributed by atoms with Gasteiger partial charge in [-0.15, -0.1) is 0 Å². The van der Waals surface area contributed by atoms with Gasteiger partial charge in [0.05, 0.1) is 62.9 Å². The number of ether oxygens (including phenoxy) is 2. The zero-order chi connectivity index (χ0) is 21.0. The van der Waals surface area contributed by atoms with Gasteiger partial charge in [0.15, 0.2) is 0 Å². The van der Waals surface area contributed by atoms with Gasteiger partial charge in [-0.2, -0.15) is 0 Å². The lowest BCUT2D eigenvalue weighted by Gasteiger charge is -2.23. The van der Waals surface area contributed by atoms with Crippen molar-refractivity contribution in [1.29, 1.82) is 0 Å². The van der Waals surface area contributed by atoms with Crippen LogP contribution in [0.4, 0.5) is 0 Å². The molecular weight excluding hydrogens is 362 g/mol. The quantitative estimate of drug-likeness (QED) is 0.237. The van der Waals surface area contributed by atoms with Crippen molar-refractivity contribution >= 4 is 22.1 Å². The average Bonchev–Trinajstić information content (AvgIpc) is 2.46. The van der Waals surface area contributed by atoms with Crippen LogP contribution in [0.2, 0.25) is 0 Å². The van der Waals surface area contributed by atoms with E-state index in [1.54, 1.807) is 13.8 Å². The monoisotopic (exact) mass is 397 g/mol. The molecule has 9 heteroatoms. The number of esters is 2. The highest BCUT2D eigenvalue weighted by Crippen LogP contribution is 1.99. The van der Waals surface area contributed by atoms with Gasteiger partial charge >= 0.3 is 11.9 Å². The van der Waals surface area contributed by atoms with Crippen LogP contribution in [0.5, 0.6) is 0 Å². The largest absolute Gasteiger partial charge is 0.748 e. The molecule has 0 spiro atoms. The third kappa shape index (κ3) is 20.9. The zero-order valence-electron chi connectivity index (χ0n) is 17.1. The maximum atomic E-state index is 11.0. The summed E-state index contributed by atoms with van der Waals surface area (Å²) in [6, 6.07) is 0. The van der Waals surface area contributed by atoms with Crippen molar-refractivity contribution in [3.8, 4) is 0 Å². The Bertz CT molecular complexity index is 508. The minimum absolute atomic E-state index is 0.0101. The summed E-state index contributed by atoms with van der Waals surface area (Å²) in [6.07, 6.45) is 0.992. The molecule has 0 fully saturated rings. The summed E-state index contributed by atoms with van der Waals surface area (Å²) < 4.78 is 41.0. The van der Waals surface area contributed by atoms with Crippen molar-refractivity contribution in [2.75, 3.05) is 46.7 Å². The molecule has 0 amide bonds. The second-order valence-electron chi connectivity index (χ2n) is 7.63. The fraction of sp³-hybridized carbons (Fsp3) is 0.882. The number of hydrogen-bond donors (Lipinski definition) is 0. The van der Waals surface area contributed by atoms with E-state index < -0.39 is 15.9 Å². The fourth-order valence-corrected chi connectivity index (χ4v) is 1.92. The first kappa shape index (κ1) is 27.0. The van der Waals surface area contributed by atoms with Crippen LogP contribution in [-0.4, -0.2) is 76.0 Å². The first-order chi connectivity index (χ1) is 11.7. The Labute approximate surface area is 158 Å². The van der Waals surface area contributed by atoms with E-state index in [9.17, 15) is 22.6 Å². The number of rotatable bonds is 10. The predicted molar refractivity (Wildman–Crippen MR) is 98.3 cm³/mol. The zero-order valence-corrected chi connectivity index (χ0v) is 17.9. The molecule has 0 saturated carbocycles. The van der Waals surface area contributed by atoms with E-state index in [0.717, 1.165) is 17.4 Å². The highest BCUT2D eigenvalue weighted by Gasteiger charge is 2.10. The van der Waals surface area contributed by atoms with Gasteiger partial charge in [-0.1, -0.05) is 27.7 Å². The van der Waals surface area contributed by atoms with E-state index in [1.807, 2.05) is 13.8 Å². The minimum atomic E-state index is -4.18. The molecule has 0 aliphatic carbocycles. The summed E-state index contributed by atoms with van der Waals surface area (Å²) >= 11 is 0. The van der Waals surface area contributed by atoms with Crippen LogP contribution < -0.4 is 0 Å². The van der Waals surface area contributed by atoms with Gasteiger partial charge in [-0.3, -0.25) is 9.59 Å². The maximum Gasteiger partial charge on any atom is 0.308 e. The molecule has 0 saturated heterocycles. The van der Waals surface area contributed by atoms with Crippen molar-refractivity contribution in [3.05, 3.63) is 0 Å². The van der Waals surface area contributed by atoms with E-state index in [1.165, 1.54) is 0 Å². The molecule has 0 heterocycles. The second-order valence-corrected chi connectivity index (χ2v) is 9.15. The van der Waals surface area contributed by atoms with Gasteiger partial charge in [0, 0.05) is 12.2 Å². The van der Waals surface area contributed by atoms with Crippen molar-refractivity contribution in [3.63, 3.8) is 0 Å². The highest BCUT2D eigenvalue weighted by atomic mass is 32.2. The molecule has 0 aromatic heterocycles. The molecule has 0 aromatic carbocycles. The lowest BCUT2D eigenvalue weighted by molar-refractivity contribution is -0.870. The van der Waals surface area contributed by atoms with E-state index in [2.05, 4.69) is 25.9 Å². The van der Waals surface area contributed by atoms with E-state index in [-0.39, 0.29) is 36.8 Å².